The number of nitrogens with zero attached hydrogens (tertiary/aromatic N) is 5. The molecule has 11 nitrogen and oxygen atoms in total. The number of anilines is 2. The second-order valence-corrected chi connectivity index (χ2v) is 12.8. The molecule has 11 heteroatoms. The van der Waals surface area contributed by atoms with Gasteiger partial charge in [0, 0.05) is 56.3 Å². The summed E-state index contributed by atoms with van der Waals surface area (Å²) in [7, 11) is 0. The van der Waals surface area contributed by atoms with Crippen LogP contribution in [-0.4, -0.2) is 85.7 Å². The number of hydrogen-bond donors (Lipinski definition) is 5. The molecule has 45 heavy (non-hydrogen) atoms. The molecular weight excluding hydrogens is 564 g/mol. The lowest BCUT2D eigenvalue weighted by molar-refractivity contribution is -0.136. The van der Waals surface area contributed by atoms with Gasteiger partial charge in [-0.1, -0.05) is 50.7 Å². The van der Waals surface area contributed by atoms with E-state index in [9.17, 15) is 4.79 Å². The van der Waals surface area contributed by atoms with Crippen LogP contribution in [0.3, 0.4) is 0 Å². The number of nitrogens with one attached hydrogen (secondary N) is 5. The van der Waals surface area contributed by atoms with Crippen LogP contribution in [0.5, 0.6) is 0 Å². The summed E-state index contributed by atoms with van der Waals surface area (Å²) in [6.45, 7) is 7.22. The van der Waals surface area contributed by atoms with Crippen LogP contribution in [0.25, 0.3) is 10.9 Å². The van der Waals surface area contributed by atoms with Crippen molar-refractivity contribution >= 4 is 28.6 Å². The van der Waals surface area contributed by atoms with Gasteiger partial charge in [0.25, 0.3) is 0 Å². The maximum atomic E-state index is 13.1. The summed E-state index contributed by atoms with van der Waals surface area (Å²) in [6, 6.07) is 8.80. The molecule has 0 spiro atoms. The van der Waals surface area contributed by atoms with Crippen LogP contribution in [0.2, 0.25) is 0 Å². The maximum absolute atomic E-state index is 13.1. The Morgan fingerprint density at radius 2 is 1.60 bits per heavy atom. The van der Waals surface area contributed by atoms with Gasteiger partial charge in [0.05, 0.1) is 17.8 Å². The number of para-hydroxylation sites is 1. The number of carbonyl (C=O) groups is 1. The van der Waals surface area contributed by atoms with Crippen molar-refractivity contribution in [2.24, 2.45) is 11.0 Å². The number of benzene rings is 1. The lowest BCUT2D eigenvalue weighted by Gasteiger charge is -2.38. The maximum Gasteiger partial charge on any atom is 0.225 e. The van der Waals surface area contributed by atoms with Gasteiger partial charge >= 0.3 is 0 Å². The number of amides is 1. The summed E-state index contributed by atoms with van der Waals surface area (Å²) in [6.07, 6.45) is 16.5. The fourth-order valence-corrected chi connectivity index (χ4v) is 6.88. The first-order chi connectivity index (χ1) is 22.2. The molecule has 5 rings (SSSR count). The molecule has 5 N–H and O–H groups in total. The number of rotatable bonds is 16. The van der Waals surface area contributed by atoms with Gasteiger partial charge in [0.15, 0.2) is 0 Å². The largest absolute Gasteiger partial charge is 0.389 e. The minimum Gasteiger partial charge on any atom is -0.389 e. The highest BCUT2D eigenvalue weighted by atomic mass is 16.2. The zero-order valence-corrected chi connectivity index (χ0v) is 27.0. The number of fused-ring (bicyclic) bond motifs is 1. The van der Waals surface area contributed by atoms with Gasteiger partial charge in [0.1, 0.15) is 5.82 Å². The molecule has 3 aliphatic rings. The van der Waals surface area contributed by atoms with E-state index in [0.29, 0.717) is 24.1 Å². The molecule has 1 saturated heterocycles. The molecule has 0 unspecified atom stereocenters. The summed E-state index contributed by atoms with van der Waals surface area (Å²) in [5, 5.41) is 18.5. The standard InChI is InChI=1S/C34H54N10O/c35-42-29(25-37-19-9-17-36-18-10-20-38-28-13-5-2-6-14-28)26-39-34-40-31-16-8-7-15-30(31)32(41-34)43-21-23-44(24-22-43)33(45)27-11-3-1-4-12-27/h7-8,15-16,25,27-28,35-38H,1-6,9-14,17-24,26H2,(H,39,40,41)/b29-25-,42-35?. The zero-order chi connectivity index (χ0) is 31.1. The Morgan fingerprint density at radius 1 is 0.889 bits per heavy atom. The van der Waals surface area contributed by atoms with Gasteiger partial charge in [-0.05, 0) is 70.3 Å². The third kappa shape index (κ3) is 10.1. The van der Waals surface area contributed by atoms with E-state index in [4.69, 9.17) is 15.5 Å². The quantitative estimate of drug-likeness (QED) is 0.131. The highest BCUT2D eigenvalue weighted by molar-refractivity contribution is 5.90. The Morgan fingerprint density at radius 3 is 2.36 bits per heavy atom. The van der Waals surface area contributed by atoms with E-state index in [1.165, 1.54) is 51.4 Å². The molecule has 2 saturated carbocycles. The normalized spacial score (nSPS) is 18.7. The Labute approximate surface area is 268 Å². The van der Waals surface area contributed by atoms with Gasteiger partial charge in [0.2, 0.25) is 11.9 Å². The predicted molar refractivity (Wildman–Crippen MR) is 182 cm³/mol. The van der Waals surface area contributed by atoms with Crippen LogP contribution < -0.4 is 26.2 Å². The first-order valence-corrected chi connectivity index (χ1v) is 17.5. The fourth-order valence-electron chi connectivity index (χ4n) is 6.88. The Balaban J connectivity index is 1.04. The van der Waals surface area contributed by atoms with Gasteiger partial charge in [-0.2, -0.15) is 10.1 Å². The van der Waals surface area contributed by atoms with Gasteiger partial charge in [-0.15, -0.1) is 0 Å². The third-order valence-corrected chi connectivity index (χ3v) is 9.51. The number of carbonyl (C=O) groups excluding carboxylic acids is 1. The van der Waals surface area contributed by atoms with E-state index in [0.717, 1.165) is 101 Å². The van der Waals surface area contributed by atoms with Crippen LogP contribution in [0.1, 0.15) is 77.0 Å². The average molecular weight is 619 g/mol. The molecule has 2 aliphatic carbocycles. The van der Waals surface area contributed by atoms with Crippen LogP contribution in [0, 0.1) is 11.4 Å². The van der Waals surface area contributed by atoms with E-state index in [-0.39, 0.29) is 5.92 Å². The van der Waals surface area contributed by atoms with E-state index in [1.807, 2.05) is 18.2 Å². The fraction of sp³-hybridized carbons (Fsp3) is 0.676. The number of aromatic nitrogens is 2. The molecule has 0 atom stereocenters. The molecule has 2 aromatic rings. The highest BCUT2D eigenvalue weighted by Crippen LogP contribution is 2.29. The third-order valence-electron chi connectivity index (χ3n) is 9.51. The Hall–Kier alpha value is -3.31. The smallest absolute Gasteiger partial charge is 0.225 e. The van der Waals surface area contributed by atoms with Crippen LogP contribution in [-0.2, 0) is 4.79 Å². The molecule has 1 amide bonds. The predicted octanol–water partition coefficient (Wildman–Crippen LogP) is 5.02. The van der Waals surface area contributed by atoms with Crippen molar-refractivity contribution in [3.8, 4) is 0 Å². The van der Waals surface area contributed by atoms with E-state index >= 15 is 0 Å². The molecule has 0 bridgehead atoms. The summed E-state index contributed by atoms with van der Waals surface area (Å²) in [4.78, 5) is 27.1. The van der Waals surface area contributed by atoms with E-state index < -0.39 is 0 Å². The van der Waals surface area contributed by atoms with Crippen LogP contribution in [0.15, 0.2) is 41.3 Å². The minimum atomic E-state index is 0.208. The van der Waals surface area contributed by atoms with Crippen molar-refractivity contribution in [1.82, 2.24) is 30.8 Å². The van der Waals surface area contributed by atoms with Crippen molar-refractivity contribution in [1.29, 1.82) is 5.53 Å². The second kappa shape index (κ2) is 18.0. The van der Waals surface area contributed by atoms with Crippen LogP contribution in [0.4, 0.5) is 11.8 Å². The molecule has 2 heterocycles. The summed E-state index contributed by atoms with van der Waals surface area (Å²) in [5.74, 6) is 1.95. The first-order valence-electron chi connectivity index (χ1n) is 17.5. The number of piperazine rings is 1. The highest BCUT2D eigenvalue weighted by Gasteiger charge is 2.29. The van der Waals surface area contributed by atoms with Crippen molar-refractivity contribution in [3.05, 3.63) is 36.2 Å². The zero-order valence-electron chi connectivity index (χ0n) is 27.0. The minimum absolute atomic E-state index is 0.208. The first kappa shape index (κ1) is 33.1. The van der Waals surface area contributed by atoms with Crippen molar-refractivity contribution in [2.75, 3.05) is 69.1 Å². The lowest BCUT2D eigenvalue weighted by Crippen LogP contribution is -2.51. The van der Waals surface area contributed by atoms with Crippen LogP contribution >= 0.6 is 0 Å². The van der Waals surface area contributed by atoms with E-state index in [2.05, 4.69) is 42.2 Å². The molecule has 1 aromatic carbocycles. The lowest BCUT2D eigenvalue weighted by atomic mass is 9.88. The van der Waals surface area contributed by atoms with Gasteiger partial charge in [-0.3, -0.25) is 4.79 Å². The second-order valence-electron chi connectivity index (χ2n) is 12.8. The average Bonchev–Trinajstić information content (AvgIpc) is 3.10. The topological polar surface area (TPSA) is 134 Å². The monoisotopic (exact) mass is 618 g/mol. The molecule has 3 fully saturated rings. The molecule has 0 radical (unpaired) electrons. The van der Waals surface area contributed by atoms with Crippen molar-refractivity contribution in [2.45, 2.75) is 83.1 Å². The molecule has 246 valence electrons. The Bertz CT molecular complexity index is 1230. The summed E-state index contributed by atoms with van der Waals surface area (Å²) >= 11 is 0. The molecular formula is C34H54N10O. The van der Waals surface area contributed by atoms with Crippen molar-refractivity contribution < 1.29 is 4.79 Å². The molecule has 1 aliphatic heterocycles. The number of hydrogen-bond acceptors (Lipinski definition) is 10. The summed E-state index contributed by atoms with van der Waals surface area (Å²) < 4.78 is 0. The van der Waals surface area contributed by atoms with Gasteiger partial charge in [-0.25, -0.2) is 10.5 Å². The summed E-state index contributed by atoms with van der Waals surface area (Å²) in [5.41, 5.74) is 9.11. The molecule has 1 aromatic heterocycles. The van der Waals surface area contributed by atoms with Crippen molar-refractivity contribution in [3.63, 3.8) is 0 Å². The SMILES string of the molecule is N=N/C(=C\NCCCNCCCNC1CCCCC1)CNc1nc(N2CCN(C(=O)C3CCCCC3)CC2)c2ccccc2n1. The van der Waals surface area contributed by atoms with E-state index in [1.54, 1.807) is 6.20 Å². The Kier molecular flexibility index (Phi) is 13.2. The van der Waals surface area contributed by atoms with Gasteiger partial charge < -0.3 is 31.1 Å².